The lowest BCUT2D eigenvalue weighted by atomic mass is 10.1. The van der Waals surface area contributed by atoms with Crippen LogP contribution in [0.3, 0.4) is 0 Å². The van der Waals surface area contributed by atoms with Crippen LogP contribution in [0.2, 0.25) is 0 Å². The van der Waals surface area contributed by atoms with Gasteiger partial charge in [0.1, 0.15) is 5.75 Å². The van der Waals surface area contributed by atoms with Crippen molar-refractivity contribution in [2.45, 2.75) is 19.4 Å². The zero-order chi connectivity index (χ0) is 11.0. The maximum absolute atomic E-state index is 11.3. The molecule has 1 aliphatic heterocycles. The van der Waals surface area contributed by atoms with Crippen LogP contribution in [-0.2, 0) is 16.0 Å². The maximum Gasteiger partial charge on any atom is 0.347 e. The molecule has 0 aromatic heterocycles. The second-order valence-electron chi connectivity index (χ2n) is 3.57. The van der Waals surface area contributed by atoms with Crippen LogP contribution in [0.15, 0.2) is 16.6 Å². The molecule has 4 heteroatoms. The third-order valence-corrected chi connectivity index (χ3v) is 2.98. The molecule has 1 aliphatic rings. The lowest BCUT2D eigenvalue weighted by Crippen LogP contribution is -2.26. The smallest absolute Gasteiger partial charge is 0.347 e. The third kappa shape index (κ3) is 1.86. The second-order valence-corrected chi connectivity index (χ2v) is 4.42. The Morgan fingerprint density at radius 1 is 1.60 bits per heavy atom. The fraction of sp³-hybridized carbons (Fsp3) is 0.364. The molecule has 0 saturated heterocycles. The van der Waals surface area contributed by atoms with E-state index in [1.807, 2.05) is 19.1 Å². The highest BCUT2D eigenvalue weighted by Gasteiger charge is 2.31. The highest BCUT2D eigenvalue weighted by atomic mass is 79.9. The Morgan fingerprint density at radius 2 is 2.33 bits per heavy atom. The van der Waals surface area contributed by atoms with E-state index in [-0.39, 0.29) is 5.97 Å². The molecular formula is C11H11BrO3. The van der Waals surface area contributed by atoms with Crippen LogP contribution in [-0.4, -0.2) is 19.2 Å². The highest BCUT2D eigenvalue weighted by molar-refractivity contribution is 9.10. The van der Waals surface area contributed by atoms with Gasteiger partial charge in [0, 0.05) is 6.42 Å². The molecule has 1 aromatic rings. The Kier molecular flexibility index (Phi) is 2.69. The molecule has 2 rings (SSSR count). The summed E-state index contributed by atoms with van der Waals surface area (Å²) >= 11 is 3.42. The van der Waals surface area contributed by atoms with Crippen LogP contribution in [0, 0.1) is 6.92 Å². The molecule has 1 atom stereocenters. The minimum atomic E-state index is -0.497. The number of hydrogen-bond acceptors (Lipinski definition) is 3. The first-order chi connectivity index (χ1) is 7.11. The summed E-state index contributed by atoms with van der Waals surface area (Å²) in [6.07, 6.45) is 0.0885. The summed E-state index contributed by atoms with van der Waals surface area (Å²) < 4.78 is 11.1. The van der Waals surface area contributed by atoms with E-state index in [2.05, 4.69) is 20.7 Å². The average Bonchev–Trinajstić information content (AvgIpc) is 2.60. The molecule has 0 bridgehead atoms. The van der Waals surface area contributed by atoms with Crippen LogP contribution in [0.4, 0.5) is 0 Å². The van der Waals surface area contributed by atoms with Crippen molar-refractivity contribution in [2.75, 3.05) is 7.11 Å². The van der Waals surface area contributed by atoms with Crippen molar-refractivity contribution < 1.29 is 14.3 Å². The maximum atomic E-state index is 11.3. The van der Waals surface area contributed by atoms with Gasteiger partial charge in [-0.3, -0.25) is 0 Å². The van der Waals surface area contributed by atoms with E-state index >= 15 is 0 Å². The summed E-state index contributed by atoms with van der Waals surface area (Å²) in [6.45, 7) is 2.01. The van der Waals surface area contributed by atoms with Gasteiger partial charge in [-0.2, -0.15) is 0 Å². The van der Waals surface area contributed by atoms with E-state index in [4.69, 9.17) is 4.74 Å². The Morgan fingerprint density at radius 3 is 3.00 bits per heavy atom. The molecule has 80 valence electrons. The number of ether oxygens (including phenoxy) is 2. The number of esters is 1. The van der Waals surface area contributed by atoms with Crippen molar-refractivity contribution in [1.82, 2.24) is 0 Å². The summed E-state index contributed by atoms with van der Waals surface area (Å²) in [6, 6.07) is 4.00. The van der Waals surface area contributed by atoms with Crippen LogP contribution in [0.1, 0.15) is 11.1 Å². The molecule has 15 heavy (non-hydrogen) atoms. The van der Waals surface area contributed by atoms with Gasteiger partial charge in [-0.05, 0) is 40.0 Å². The van der Waals surface area contributed by atoms with E-state index in [0.29, 0.717) is 6.42 Å². The van der Waals surface area contributed by atoms with Gasteiger partial charge in [0.2, 0.25) is 0 Å². The van der Waals surface area contributed by atoms with Gasteiger partial charge in [0.05, 0.1) is 11.6 Å². The number of benzene rings is 1. The van der Waals surface area contributed by atoms with Crippen LogP contribution in [0.25, 0.3) is 0 Å². The molecule has 1 unspecified atom stereocenters. The number of carbonyl (C=O) groups excluding carboxylic acids is 1. The van der Waals surface area contributed by atoms with Crippen LogP contribution >= 0.6 is 15.9 Å². The quantitative estimate of drug-likeness (QED) is 0.735. The second kappa shape index (κ2) is 3.85. The zero-order valence-electron chi connectivity index (χ0n) is 8.54. The molecule has 0 aliphatic carbocycles. The van der Waals surface area contributed by atoms with E-state index in [1.165, 1.54) is 7.11 Å². The molecule has 0 radical (unpaired) electrons. The fourth-order valence-electron chi connectivity index (χ4n) is 1.73. The number of aryl methyl sites for hydroxylation is 1. The van der Waals surface area contributed by atoms with Gasteiger partial charge >= 0.3 is 5.97 Å². The Labute approximate surface area is 96.5 Å². The van der Waals surface area contributed by atoms with Gasteiger partial charge in [0.15, 0.2) is 6.10 Å². The van der Waals surface area contributed by atoms with Crippen molar-refractivity contribution >= 4 is 21.9 Å². The predicted molar refractivity (Wildman–Crippen MR) is 59.0 cm³/mol. The average molecular weight is 271 g/mol. The molecule has 0 saturated carbocycles. The zero-order valence-corrected chi connectivity index (χ0v) is 10.1. The third-order valence-electron chi connectivity index (χ3n) is 2.39. The minimum absolute atomic E-state index is 0.323. The Balaban J connectivity index is 2.31. The number of carbonyl (C=O) groups is 1. The SMILES string of the molecule is COC(=O)C1Cc2cc(C)cc(Br)c2O1. The molecular weight excluding hydrogens is 260 g/mol. The Hall–Kier alpha value is -1.03. The lowest BCUT2D eigenvalue weighted by Gasteiger charge is -2.08. The highest BCUT2D eigenvalue weighted by Crippen LogP contribution is 2.37. The summed E-state index contributed by atoms with van der Waals surface area (Å²) in [5.74, 6) is 0.437. The number of halogens is 1. The van der Waals surface area contributed by atoms with Crippen molar-refractivity contribution in [3.63, 3.8) is 0 Å². The van der Waals surface area contributed by atoms with Gasteiger partial charge in [-0.25, -0.2) is 4.79 Å². The number of methoxy groups -OCH3 is 1. The molecule has 0 fully saturated rings. The van der Waals surface area contributed by atoms with Gasteiger partial charge in [-0.1, -0.05) is 6.07 Å². The molecule has 1 aromatic carbocycles. The van der Waals surface area contributed by atoms with Crippen molar-refractivity contribution in [3.05, 3.63) is 27.7 Å². The monoisotopic (exact) mass is 270 g/mol. The van der Waals surface area contributed by atoms with Crippen molar-refractivity contribution in [3.8, 4) is 5.75 Å². The molecule has 1 heterocycles. The first-order valence-electron chi connectivity index (χ1n) is 4.65. The topological polar surface area (TPSA) is 35.5 Å². The standard InChI is InChI=1S/C11H11BrO3/c1-6-3-7-5-9(11(13)14-2)15-10(7)8(12)4-6/h3-4,9H,5H2,1-2H3. The summed E-state index contributed by atoms with van der Waals surface area (Å²) in [5, 5.41) is 0. The summed E-state index contributed by atoms with van der Waals surface area (Å²) in [4.78, 5) is 11.3. The number of fused-ring (bicyclic) bond motifs is 1. The summed E-state index contributed by atoms with van der Waals surface area (Å²) in [5.41, 5.74) is 2.20. The van der Waals surface area contributed by atoms with Gasteiger partial charge < -0.3 is 9.47 Å². The lowest BCUT2D eigenvalue weighted by molar-refractivity contribution is -0.147. The first-order valence-corrected chi connectivity index (χ1v) is 5.44. The van der Waals surface area contributed by atoms with Gasteiger partial charge in [0.25, 0.3) is 0 Å². The van der Waals surface area contributed by atoms with E-state index in [0.717, 1.165) is 21.3 Å². The van der Waals surface area contributed by atoms with Crippen LogP contribution < -0.4 is 4.74 Å². The van der Waals surface area contributed by atoms with Crippen molar-refractivity contribution in [1.29, 1.82) is 0 Å². The largest absolute Gasteiger partial charge is 0.477 e. The Bertz CT molecular complexity index is 415. The van der Waals surface area contributed by atoms with Crippen LogP contribution in [0.5, 0.6) is 5.75 Å². The molecule has 0 N–H and O–H groups in total. The van der Waals surface area contributed by atoms with E-state index < -0.39 is 6.10 Å². The normalized spacial score (nSPS) is 18.2. The van der Waals surface area contributed by atoms with Crippen molar-refractivity contribution in [2.24, 2.45) is 0 Å². The van der Waals surface area contributed by atoms with E-state index in [9.17, 15) is 4.79 Å². The molecule has 3 nitrogen and oxygen atoms in total. The minimum Gasteiger partial charge on any atom is -0.477 e. The molecule has 0 spiro atoms. The number of hydrogen-bond donors (Lipinski definition) is 0. The predicted octanol–water partition coefficient (Wildman–Crippen LogP) is 2.23. The van der Waals surface area contributed by atoms with Gasteiger partial charge in [-0.15, -0.1) is 0 Å². The van der Waals surface area contributed by atoms with E-state index in [1.54, 1.807) is 0 Å². The molecule has 0 amide bonds. The first kappa shape index (κ1) is 10.5. The number of rotatable bonds is 1. The summed E-state index contributed by atoms with van der Waals surface area (Å²) in [7, 11) is 1.37. The fourth-order valence-corrected chi connectivity index (χ4v) is 2.44.